The van der Waals surface area contributed by atoms with Gasteiger partial charge in [-0.2, -0.15) is 13.2 Å². The van der Waals surface area contributed by atoms with Gasteiger partial charge in [-0.1, -0.05) is 11.6 Å². The summed E-state index contributed by atoms with van der Waals surface area (Å²) in [5, 5.41) is -0.585. The third kappa shape index (κ3) is 3.27. The molecule has 0 radical (unpaired) electrons. The van der Waals surface area contributed by atoms with Crippen molar-refractivity contribution in [3.63, 3.8) is 0 Å². The van der Waals surface area contributed by atoms with Crippen LogP contribution in [-0.2, 0) is 16.0 Å². The van der Waals surface area contributed by atoms with Gasteiger partial charge in [0.25, 0.3) is 0 Å². The van der Waals surface area contributed by atoms with Crippen LogP contribution in [0.3, 0.4) is 0 Å². The highest BCUT2D eigenvalue weighted by atomic mass is 35.5. The van der Waals surface area contributed by atoms with Crippen molar-refractivity contribution in [2.24, 2.45) is 0 Å². The highest BCUT2D eigenvalue weighted by Crippen LogP contribution is 2.36. The molecule has 0 bridgehead atoms. The molecular formula is C16H10ClF3N2O3S. The van der Waals surface area contributed by atoms with Gasteiger partial charge in [-0.05, 0) is 42.5 Å². The zero-order valence-electron chi connectivity index (χ0n) is 12.8. The van der Waals surface area contributed by atoms with E-state index in [1.165, 1.54) is 41.2 Å². The molecule has 0 atom stereocenters. The van der Waals surface area contributed by atoms with Gasteiger partial charge in [-0.3, -0.25) is 4.57 Å². The second kappa shape index (κ2) is 6.33. The quantitative estimate of drug-likeness (QED) is 0.726. The minimum atomic E-state index is -4.78. The lowest BCUT2D eigenvalue weighted by Gasteiger charge is -2.12. The summed E-state index contributed by atoms with van der Waals surface area (Å²) in [4.78, 5) is 13.3. The second-order valence-electron chi connectivity index (χ2n) is 5.27. The van der Waals surface area contributed by atoms with Crippen molar-refractivity contribution in [3.8, 4) is 5.69 Å². The lowest BCUT2D eigenvalue weighted by Crippen LogP contribution is -2.14. The van der Waals surface area contributed by atoms with Crippen LogP contribution in [0, 0.1) is 0 Å². The second-order valence-corrected chi connectivity index (χ2v) is 7.63. The number of alkyl halides is 3. The minimum absolute atomic E-state index is 0.208. The van der Waals surface area contributed by atoms with Crippen LogP contribution in [0.5, 0.6) is 0 Å². The van der Waals surface area contributed by atoms with Gasteiger partial charge in [-0.15, -0.1) is 0 Å². The third-order valence-corrected chi connectivity index (χ3v) is 5.72. The number of imidazole rings is 1. The predicted octanol–water partition coefficient (Wildman–Crippen LogP) is 3.67. The average molecular weight is 403 g/mol. The molecule has 0 amide bonds. The number of nitrogens with zero attached hydrogens (tertiary/aromatic N) is 1. The Morgan fingerprint density at radius 2 is 1.62 bits per heavy atom. The maximum Gasteiger partial charge on any atom is 0.417 e. The summed E-state index contributed by atoms with van der Waals surface area (Å²) in [5.41, 5.74) is -1.23. The minimum Gasteiger partial charge on any atom is -0.312 e. The summed E-state index contributed by atoms with van der Waals surface area (Å²) >= 11 is 5.52. The number of aromatic nitrogens is 2. The molecule has 2 aromatic carbocycles. The van der Waals surface area contributed by atoms with Crippen LogP contribution in [0.25, 0.3) is 5.69 Å². The summed E-state index contributed by atoms with van der Waals surface area (Å²) in [5.74, 6) is 0. The van der Waals surface area contributed by atoms with Crippen molar-refractivity contribution in [2.45, 2.75) is 16.0 Å². The number of rotatable bonds is 3. The molecule has 0 aliphatic rings. The van der Waals surface area contributed by atoms with Crippen LogP contribution in [0.4, 0.5) is 13.2 Å². The molecule has 1 heterocycles. The Balaban J connectivity index is 2.04. The number of benzene rings is 2. The van der Waals surface area contributed by atoms with Crippen LogP contribution in [0.1, 0.15) is 5.56 Å². The monoisotopic (exact) mass is 402 g/mol. The lowest BCUT2D eigenvalue weighted by atomic mass is 10.2. The Kier molecular flexibility index (Phi) is 4.45. The maximum absolute atomic E-state index is 13.0. The molecule has 0 aliphatic carbocycles. The first-order valence-corrected chi connectivity index (χ1v) is 8.95. The SMILES string of the molecule is O=c1[nH]ccn1-c1ccc(S(=O)(=O)c2ccc(Cl)c(C(F)(F)F)c2)cc1. The van der Waals surface area contributed by atoms with Crippen LogP contribution >= 0.6 is 11.6 Å². The molecule has 0 fully saturated rings. The molecule has 0 spiro atoms. The fourth-order valence-corrected chi connectivity index (χ4v) is 3.85. The summed E-state index contributed by atoms with van der Waals surface area (Å²) in [6, 6.07) is 7.59. The van der Waals surface area contributed by atoms with E-state index in [2.05, 4.69) is 4.98 Å². The fraction of sp³-hybridized carbons (Fsp3) is 0.0625. The number of hydrogen-bond donors (Lipinski definition) is 1. The smallest absolute Gasteiger partial charge is 0.312 e. The van der Waals surface area contributed by atoms with Gasteiger partial charge < -0.3 is 4.98 Å². The van der Waals surface area contributed by atoms with E-state index in [9.17, 15) is 26.4 Å². The molecule has 26 heavy (non-hydrogen) atoms. The van der Waals surface area contributed by atoms with Crippen molar-refractivity contribution in [2.75, 3.05) is 0 Å². The van der Waals surface area contributed by atoms with Crippen molar-refractivity contribution < 1.29 is 21.6 Å². The van der Waals surface area contributed by atoms with E-state index < -0.39 is 37.2 Å². The first kappa shape index (κ1) is 18.3. The van der Waals surface area contributed by atoms with Gasteiger partial charge in [-0.25, -0.2) is 13.2 Å². The van der Waals surface area contributed by atoms with Gasteiger partial charge in [0, 0.05) is 12.4 Å². The number of hydrogen-bond acceptors (Lipinski definition) is 3. The van der Waals surface area contributed by atoms with E-state index in [-0.39, 0.29) is 4.90 Å². The first-order chi connectivity index (χ1) is 12.1. The molecule has 3 rings (SSSR count). The number of halogens is 4. The van der Waals surface area contributed by atoms with Gasteiger partial charge >= 0.3 is 11.9 Å². The van der Waals surface area contributed by atoms with Gasteiger partial charge in [0.05, 0.1) is 26.1 Å². The average Bonchev–Trinajstić information content (AvgIpc) is 3.00. The first-order valence-electron chi connectivity index (χ1n) is 7.09. The third-order valence-electron chi connectivity index (χ3n) is 3.63. The van der Waals surface area contributed by atoms with Gasteiger partial charge in [0.2, 0.25) is 9.84 Å². The van der Waals surface area contributed by atoms with Gasteiger partial charge in [0.15, 0.2) is 0 Å². The molecule has 0 aliphatic heterocycles. The summed E-state index contributed by atoms with van der Waals surface area (Å²) in [7, 11) is -4.19. The Bertz CT molecular complexity index is 1120. The Morgan fingerprint density at radius 1 is 1.00 bits per heavy atom. The maximum atomic E-state index is 13.0. The van der Waals surface area contributed by atoms with Crippen LogP contribution in [0.15, 0.2) is 69.4 Å². The molecule has 0 unspecified atom stereocenters. The number of nitrogens with one attached hydrogen (secondary N) is 1. The number of sulfone groups is 1. The van der Waals surface area contributed by atoms with Crippen molar-refractivity contribution in [3.05, 3.63) is 75.9 Å². The highest BCUT2D eigenvalue weighted by molar-refractivity contribution is 7.91. The van der Waals surface area contributed by atoms with Crippen LogP contribution < -0.4 is 5.69 Å². The Morgan fingerprint density at radius 3 is 2.15 bits per heavy atom. The topological polar surface area (TPSA) is 71.9 Å². The molecule has 1 aromatic heterocycles. The molecule has 3 aromatic rings. The standard InChI is InChI=1S/C16H10ClF3N2O3S/c17-14-6-5-12(9-13(14)16(18,19)20)26(24,25)11-3-1-10(2-4-11)22-8-7-21-15(22)23/h1-9H,(H,21,23). The van der Waals surface area contributed by atoms with E-state index in [0.29, 0.717) is 11.8 Å². The normalized spacial score (nSPS) is 12.3. The summed E-state index contributed by atoms with van der Waals surface area (Å²) in [6.07, 6.45) is -1.90. The molecule has 1 N–H and O–H groups in total. The zero-order chi connectivity index (χ0) is 19.1. The molecule has 0 saturated heterocycles. The van der Waals surface area contributed by atoms with E-state index in [1.807, 2.05) is 0 Å². The van der Waals surface area contributed by atoms with Crippen LogP contribution in [-0.4, -0.2) is 18.0 Å². The Hall–Kier alpha value is -2.52. The molecule has 5 nitrogen and oxygen atoms in total. The Labute approximate surface area is 150 Å². The molecule has 10 heteroatoms. The van der Waals surface area contributed by atoms with E-state index in [0.717, 1.165) is 12.1 Å². The van der Waals surface area contributed by atoms with Crippen molar-refractivity contribution in [1.29, 1.82) is 0 Å². The lowest BCUT2D eigenvalue weighted by molar-refractivity contribution is -0.137. The zero-order valence-corrected chi connectivity index (χ0v) is 14.4. The number of H-pyrrole nitrogens is 1. The number of aromatic amines is 1. The fourth-order valence-electron chi connectivity index (χ4n) is 2.33. The van der Waals surface area contributed by atoms with Crippen LogP contribution in [0.2, 0.25) is 5.02 Å². The van der Waals surface area contributed by atoms with Gasteiger partial charge in [0.1, 0.15) is 0 Å². The van der Waals surface area contributed by atoms with E-state index >= 15 is 0 Å². The highest BCUT2D eigenvalue weighted by Gasteiger charge is 2.34. The van der Waals surface area contributed by atoms with Crippen molar-refractivity contribution in [1.82, 2.24) is 9.55 Å². The predicted molar refractivity (Wildman–Crippen MR) is 88.3 cm³/mol. The van der Waals surface area contributed by atoms with Crippen molar-refractivity contribution >= 4 is 21.4 Å². The van der Waals surface area contributed by atoms with E-state index in [1.54, 1.807) is 0 Å². The summed E-state index contributed by atoms with van der Waals surface area (Å²) < 4.78 is 65.3. The largest absolute Gasteiger partial charge is 0.417 e. The molecule has 0 saturated carbocycles. The molecule has 136 valence electrons. The summed E-state index contributed by atoms with van der Waals surface area (Å²) in [6.45, 7) is 0. The van der Waals surface area contributed by atoms with E-state index in [4.69, 9.17) is 11.6 Å². The molecular weight excluding hydrogens is 393 g/mol.